The van der Waals surface area contributed by atoms with Gasteiger partial charge < -0.3 is 5.32 Å². The highest BCUT2D eigenvalue weighted by molar-refractivity contribution is 7.84. The van der Waals surface area contributed by atoms with E-state index in [-0.39, 0.29) is 5.91 Å². The summed E-state index contributed by atoms with van der Waals surface area (Å²) < 4.78 is 0. The minimum atomic E-state index is -0.139. The Morgan fingerprint density at radius 3 is 2.29 bits per heavy atom. The molecule has 0 aromatic rings. The molecule has 2 nitrogen and oxygen atoms in total. The van der Waals surface area contributed by atoms with Crippen molar-refractivity contribution in [3.63, 3.8) is 0 Å². The summed E-state index contributed by atoms with van der Waals surface area (Å²) in [5.41, 5.74) is 0. The maximum absolute atomic E-state index is 10.0. The summed E-state index contributed by atoms with van der Waals surface area (Å²) in [5.74, 6) is -0.139. The third-order valence-electron chi connectivity index (χ3n) is 0.320. The second kappa shape index (κ2) is 2.69. The summed E-state index contributed by atoms with van der Waals surface area (Å²) in [4.78, 5) is 10.0. The molecule has 0 fully saturated rings. The van der Waals surface area contributed by atoms with Gasteiger partial charge in [-0.3, -0.25) is 4.79 Å². The van der Waals surface area contributed by atoms with Gasteiger partial charge in [-0.05, 0) is 0 Å². The molecule has 0 bridgehead atoms. The Labute approximate surface area is 48.0 Å². The molecular weight excluding hydrogens is 110 g/mol. The molecule has 0 saturated heterocycles. The zero-order valence-electron chi connectivity index (χ0n) is 4.06. The minimum Gasteiger partial charge on any atom is -0.322 e. The van der Waals surface area contributed by atoms with E-state index in [9.17, 15) is 4.79 Å². The molecule has 0 rings (SSSR count). The van der Waals surface area contributed by atoms with Gasteiger partial charge in [0.15, 0.2) is 0 Å². The fourth-order valence-electron chi connectivity index (χ4n) is 0.203. The third kappa shape index (κ3) is 5.56. The summed E-state index contributed by atoms with van der Waals surface area (Å²) in [6.45, 7) is 4.73. The molecule has 0 atom stereocenters. The van der Waals surface area contributed by atoms with Gasteiger partial charge in [0, 0.05) is 6.92 Å². The smallest absolute Gasteiger partial charge is 0.221 e. The minimum absolute atomic E-state index is 0.139. The predicted molar refractivity (Wildman–Crippen MR) is 31.9 cm³/mol. The zero-order chi connectivity index (χ0) is 5.86. The van der Waals surface area contributed by atoms with Crippen LogP contribution in [0.2, 0.25) is 0 Å². The molecule has 0 aromatic carbocycles. The molecule has 0 heterocycles. The van der Waals surface area contributed by atoms with E-state index in [2.05, 4.69) is 24.5 Å². The summed E-state index contributed by atoms with van der Waals surface area (Å²) in [6, 6.07) is 0. The first-order valence-corrected chi connectivity index (χ1v) is 2.23. The van der Waals surface area contributed by atoms with Crippen LogP contribution in [0, 0.1) is 0 Å². The number of thiol groups is 1. The Kier molecular flexibility index (Phi) is 2.52. The van der Waals surface area contributed by atoms with E-state index >= 15 is 0 Å². The van der Waals surface area contributed by atoms with Crippen LogP contribution in [0.15, 0.2) is 11.6 Å². The fraction of sp³-hybridized carbons (Fsp3) is 0.250. The van der Waals surface area contributed by atoms with Crippen LogP contribution in [0.4, 0.5) is 0 Å². The molecule has 0 aliphatic rings. The lowest BCUT2D eigenvalue weighted by molar-refractivity contribution is -0.118. The molecule has 0 spiro atoms. The van der Waals surface area contributed by atoms with Crippen LogP contribution in [0.25, 0.3) is 0 Å². The van der Waals surface area contributed by atoms with Crippen LogP contribution < -0.4 is 5.32 Å². The average Bonchev–Trinajstić information content (AvgIpc) is 1.27. The van der Waals surface area contributed by atoms with E-state index in [1.165, 1.54) is 6.92 Å². The highest BCUT2D eigenvalue weighted by Crippen LogP contribution is 1.85. The lowest BCUT2D eigenvalue weighted by Crippen LogP contribution is -2.14. The standard InChI is InChI=1S/C4H7NOS/c1-3(6)5-4(2)7/h7H,2H2,1H3,(H,5,6). The number of carbonyl (C=O) groups is 1. The van der Waals surface area contributed by atoms with E-state index in [0.29, 0.717) is 5.03 Å². The normalized spacial score (nSPS) is 7.71. The van der Waals surface area contributed by atoms with E-state index in [4.69, 9.17) is 0 Å². The van der Waals surface area contributed by atoms with Crippen LogP contribution in [-0.2, 0) is 4.79 Å². The first kappa shape index (κ1) is 6.56. The molecule has 0 saturated carbocycles. The van der Waals surface area contributed by atoms with Crippen LogP contribution in [0.5, 0.6) is 0 Å². The first-order chi connectivity index (χ1) is 3.13. The average molecular weight is 117 g/mol. The molecule has 1 amide bonds. The predicted octanol–water partition coefficient (Wildman–Crippen LogP) is 0.523. The molecule has 0 radical (unpaired) electrons. The van der Waals surface area contributed by atoms with Gasteiger partial charge in [0.25, 0.3) is 0 Å². The molecule has 0 aliphatic carbocycles. The van der Waals surface area contributed by atoms with Crippen molar-refractivity contribution in [1.82, 2.24) is 5.32 Å². The number of amides is 1. The molecule has 7 heavy (non-hydrogen) atoms. The van der Waals surface area contributed by atoms with Crippen LogP contribution in [0.1, 0.15) is 6.92 Å². The monoisotopic (exact) mass is 117 g/mol. The number of hydrogen-bond acceptors (Lipinski definition) is 2. The van der Waals surface area contributed by atoms with Gasteiger partial charge in [-0.2, -0.15) is 0 Å². The van der Waals surface area contributed by atoms with Gasteiger partial charge in [0.2, 0.25) is 5.91 Å². The van der Waals surface area contributed by atoms with Crippen LogP contribution >= 0.6 is 12.6 Å². The molecule has 0 aliphatic heterocycles. The Hall–Kier alpha value is -0.440. The molecular formula is C4H7NOS. The van der Waals surface area contributed by atoms with E-state index in [0.717, 1.165) is 0 Å². The van der Waals surface area contributed by atoms with E-state index in [1.807, 2.05) is 0 Å². The summed E-state index contributed by atoms with van der Waals surface area (Å²) in [6.07, 6.45) is 0. The van der Waals surface area contributed by atoms with Gasteiger partial charge in [-0.25, -0.2) is 0 Å². The summed E-state index contributed by atoms with van der Waals surface area (Å²) in [7, 11) is 0. The Morgan fingerprint density at radius 2 is 2.29 bits per heavy atom. The maximum atomic E-state index is 10.0. The van der Waals surface area contributed by atoms with Crippen LogP contribution in [0.3, 0.4) is 0 Å². The van der Waals surface area contributed by atoms with E-state index < -0.39 is 0 Å². The quantitative estimate of drug-likeness (QED) is 0.482. The van der Waals surface area contributed by atoms with Gasteiger partial charge in [0.05, 0.1) is 5.03 Å². The Balaban J connectivity index is 3.32. The van der Waals surface area contributed by atoms with Crippen molar-refractivity contribution in [2.45, 2.75) is 6.92 Å². The van der Waals surface area contributed by atoms with Gasteiger partial charge in [-0.1, -0.05) is 6.58 Å². The highest BCUT2D eigenvalue weighted by atomic mass is 32.1. The molecule has 1 N–H and O–H groups in total. The number of hydrogen-bond donors (Lipinski definition) is 2. The van der Waals surface area contributed by atoms with Gasteiger partial charge >= 0.3 is 0 Å². The number of rotatable bonds is 1. The van der Waals surface area contributed by atoms with Crippen molar-refractivity contribution in [2.24, 2.45) is 0 Å². The maximum Gasteiger partial charge on any atom is 0.221 e. The first-order valence-electron chi connectivity index (χ1n) is 1.78. The van der Waals surface area contributed by atoms with Crippen molar-refractivity contribution in [1.29, 1.82) is 0 Å². The Morgan fingerprint density at radius 1 is 1.86 bits per heavy atom. The van der Waals surface area contributed by atoms with Gasteiger partial charge in [0.1, 0.15) is 0 Å². The lowest BCUT2D eigenvalue weighted by atomic mass is 10.7. The van der Waals surface area contributed by atoms with Crippen molar-refractivity contribution in [3.8, 4) is 0 Å². The van der Waals surface area contributed by atoms with Crippen molar-refractivity contribution >= 4 is 18.5 Å². The lowest BCUT2D eigenvalue weighted by Gasteiger charge is -1.93. The molecule has 0 aromatic heterocycles. The largest absolute Gasteiger partial charge is 0.322 e. The third-order valence-corrected chi connectivity index (χ3v) is 0.432. The second-order valence-electron chi connectivity index (χ2n) is 1.13. The molecule has 0 unspecified atom stereocenters. The van der Waals surface area contributed by atoms with E-state index in [1.54, 1.807) is 0 Å². The van der Waals surface area contributed by atoms with Crippen molar-refractivity contribution in [2.75, 3.05) is 0 Å². The summed E-state index contributed by atoms with van der Waals surface area (Å²) >= 11 is 3.71. The SMILES string of the molecule is C=C(S)NC(C)=O. The fourth-order valence-corrected chi connectivity index (χ4v) is 0.361. The summed E-state index contributed by atoms with van der Waals surface area (Å²) in [5, 5.41) is 2.72. The van der Waals surface area contributed by atoms with Crippen LogP contribution in [-0.4, -0.2) is 5.91 Å². The van der Waals surface area contributed by atoms with Crippen molar-refractivity contribution in [3.05, 3.63) is 11.6 Å². The highest BCUT2D eigenvalue weighted by Gasteiger charge is 1.85. The molecule has 3 heteroatoms. The Bertz CT molecular complexity index is 87.9. The number of nitrogens with one attached hydrogen (secondary N) is 1. The topological polar surface area (TPSA) is 29.1 Å². The zero-order valence-corrected chi connectivity index (χ0v) is 4.96. The number of carbonyl (C=O) groups excluding carboxylic acids is 1. The second-order valence-corrected chi connectivity index (χ2v) is 1.67. The van der Waals surface area contributed by atoms with Crippen molar-refractivity contribution < 1.29 is 4.79 Å². The molecule has 40 valence electrons. The van der Waals surface area contributed by atoms with Gasteiger partial charge in [-0.15, -0.1) is 12.6 Å².